The van der Waals surface area contributed by atoms with Gasteiger partial charge in [0.05, 0.1) is 42.0 Å². The predicted molar refractivity (Wildman–Crippen MR) is 149 cm³/mol. The number of aromatic carboxylic acids is 1. The summed E-state index contributed by atoms with van der Waals surface area (Å²) in [7, 11) is 5.92. The second-order valence-corrected chi connectivity index (χ2v) is 11.1. The van der Waals surface area contributed by atoms with E-state index in [1.165, 1.54) is 28.4 Å². The maximum absolute atomic E-state index is 13.3. The second-order valence-electron chi connectivity index (χ2n) is 9.35. The Kier molecular flexibility index (Phi) is 11.2. The smallest absolute Gasteiger partial charge is 0.348 e. The van der Waals surface area contributed by atoms with Crippen LogP contribution in [0.1, 0.15) is 42.8 Å². The third kappa shape index (κ3) is 7.05. The molecule has 2 amide bonds. The minimum absolute atomic E-state index is 0.0635. The lowest BCUT2D eigenvalue weighted by molar-refractivity contribution is -0.00370. The number of ether oxygens (including phenoxy) is 4. The molecule has 1 saturated heterocycles. The fraction of sp³-hybridized carbons (Fsp3) is 0.583. The van der Waals surface area contributed by atoms with Crippen LogP contribution in [0.2, 0.25) is 10.0 Å². The van der Waals surface area contributed by atoms with Crippen molar-refractivity contribution in [3.05, 3.63) is 32.0 Å². The number of H-pyrrole nitrogens is 1. The Hall–Kier alpha value is -2.46. The molecule has 222 valence electrons. The number of aryl methyl sites for hydroxylation is 1. The number of aromatic nitrogens is 2. The highest BCUT2D eigenvalue weighted by molar-refractivity contribution is 7.17. The molecule has 0 aliphatic carbocycles. The van der Waals surface area contributed by atoms with Crippen molar-refractivity contribution in [2.24, 2.45) is 0 Å². The summed E-state index contributed by atoms with van der Waals surface area (Å²) in [4.78, 5) is 47.1. The van der Waals surface area contributed by atoms with E-state index in [9.17, 15) is 19.5 Å². The number of carbonyl (C=O) groups is 3. The van der Waals surface area contributed by atoms with E-state index in [1.54, 1.807) is 6.92 Å². The molecule has 2 aromatic rings. The number of carboxylic acids is 1. The van der Waals surface area contributed by atoms with Gasteiger partial charge in [-0.1, -0.05) is 34.5 Å². The Bertz CT molecular complexity index is 1210. The Morgan fingerprint density at radius 1 is 1.10 bits per heavy atom. The van der Waals surface area contributed by atoms with Crippen molar-refractivity contribution < 1.29 is 38.4 Å². The number of halogens is 2. The summed E-state index contributed by atoms with van der Waals surface area (Å²) in [5.41, 5.74) is -0.554. The molecule has 0 saturated carbocycles. The molecular formula is C24H33Cl2N5O8S. The fourth-order valence-corrected chi connectivity index (χ4v) is 5.92. The molecule has 1 fully saturated rings. The molecule has 0 radical (unpaired) electrons. The first-order valence-electron chi connectivity index (χ1n) is 12.2. The first kappa shape index (κ1) is 32.1. The number of rotatable bonds is 13. The standard InChI is InChI=1S/C24H33Cl2N5O8S/c1-12-15(25)16(26)17(27-12)20(32)28-13-6-7-31(8-14(13)39-5)23-29-18(19(40-23)22(34)35)21(33)30-24(9-36-2,10-37-3)11-38-4/h13-14,27H,6-11H2,1-5H3,(H,28,32)(H,30,33)(H,34,35)/t13-,14+/m1/s1. The molecule has 0 bridgehead atoms. The minimum Gasteiger partial charge on any atom is -0.477 e. The Morgan fingerprint density at radius 2 is 1.73 bits per heavy atom. The predicted octanol–water partition coefficient (Wildman–Crippen LogP) is 2.22. The Labute approximate surface area is 245 Å². The monoisotopic (exact) mass is 621 g/mol. The number of hydrogen-bond acceptors (Lipinski definition) is 10. The van der Waals surface area contributed by atoms with E-state index >= 15 is 0 Å². The van der Waals surface area contributed by atoms with Gasteiger partial charge in [0.25, 0.3) is 11.8 Å². The maximum Gasteiger partial charge on any atom is 0.348 e. The molecule has 2 atom stereocenters. The van der Waals surface area contributed by atoms with Crippen LogP contribution in [-0.2, 0) is 18.9 Å². The van der Waals surface area contributed by atoms with Gasteiger partial charge in [-0.15, -0.1) is 0 Å². The highest BCUT2D eigenvalue weighted by atomic mass is 35.5. The van der Waals surface area contributed by atoms with Crippen LogP contribution in [0, 0.1) is 6.92 Å². The summed E-state index contributed by atoms with van der Waals surface area (Å²) >= 11 is 13.2. The third-order valence-electron chi connectivity index (χ3n) is 6.40. The topological polar surface area (TPSA) is 164 Å². The molecule has 3 heterocycles. The van der Waals surface area contributed by atoms with Gasteiger partial charge in [0.15, 0.2) is 10.8 Å². The number of carboxylic acid groups (broad SMARTS) is 1. The summed E-state index contributed by atoms with van der Waals surface area (Å²) in [5.74, 6) is -2.41. The second kappa shape index (κ2) is 13.9. The van der Waals surface area contributed by atoms with E-state index in [0.717, 1.165) is 11.3 Å². The number of thiazole rings is 1. The van der Waals surface area contributed by atoms with Crippen molar-refractivity contribution in [3.63, 3.8) is 0 Å². The van der Waals surface area contributed by atoms with Gasteiger partial charge in [0, 0.05) is 47.2 Å². The van der Waals surface area contributed by atoms with Crippen LogP contribution in [-0.4, -0.2) is 112 Å². The molecule has 2 aromatic heterocycles. The van der Waals surface area contributed by atoms with Crippen molar-refractivity contribution in [3.8, 4) is 0 Å². The van der Waals surface area contributed by atoms with Crippen LogP contribution >= 0.6 is 34.5 Å². The van der Waals surface area contributed by atoms with Gasteiger partial charge in [-0.05, 0) is 13.3 Å². The number of methoxy groups -OCH3 is 4. The van der Waals surface area contributed by atoms with Crippen molar-refractivity contribution >= 4 is 57.5 Å². The first-order valence-corrected chi connectivity index (χ1v) is 13.7. The quantitative estimate of drug-likeness (QED) is 0.260. The third-order valence-corrected chi connectivity index (χ3v) is 8.45. The summed E-state index contributed by atoms with van der Waals surface area (Å²) < 4.78 is 21.4. The zero-order valence-electron chi connectivity index (χ0n) is 22.8. The lowest BCUT2D eigenvalue weighted by atomic mass is 10.0. The van der Waals surface area contributed by atoms with Crippen LogP contribution in [0.4, 0.5) is 5.13 Å². The lowest BCUT2D eigenvalue weighted by Gasteiger charge is -2.37. The molecule has 0 spiro atoms. The van der Waals surface area contributed by atoms with Gasteiger partial charge in [-0.2, -0.15) is 0 Å². The highest BCUT2D eigenvalue weighted by Crippen LogP contribution is 2.31. The Morgan fingerprint density at radius 3 is 2.23 bits per heavy atom. The molecule has 3 rings (SSSR count). The van der Waals surface area contributed by atoms with E-state index in [1.807, 2.05) is 4.90 Å². The van der Waals surface area contributed by atoms with E-state index in [4.69, 9.17) is 42.1 Å². The largest absolute Gasteiger partial charge is 0.477 e. The van der Waals surface area contributed by atoms with Crippen molar-refractivity contribution in [1.29, 1.82) is 0 Å². The number of carbonyl (C=O) groups excluding carboxylic acids is 2. The van der Waals surface area contributed by atoms with Gasteiger partial charge >= 0.3 is 5.97 Å². The average Bonchev–Trinajstić information content (AvgIpc) is 3.47. The molecule has 1 aliphatic heterocycles. The number of piperidine rings is 1. The van der Waals surface area contributed by atoms with Crippen LogP contribution in [0.5, 0.6) is 0 Å². The summed E-state index contributed by atoms with van der Waals surface area (Å²) in [6.45, 7) is 2.60. The zero-order chi connectivity index (χ0) is 29.6. The fourth-order valence-electron chi connectivity index (χ4n) is 4.57. The van der Waals surface area contributed by atoms with E-state index < -0.39 is 29.4 Å². The molecule has 40 heavy (non-hydrogen) atoms. The molecule has 4 N–H and O–H groups in total. The first-order chi connectivity index (χ1) is 19.0. The van der Waals surface area contributed by atoms with Crippen LogP contribution in [0.3, 0.4) is 0 Å². The van der Waals surface area contributed by atoms with Gasteiger partial charge < -0.3 is 44.6 Å². The van der Waals surface area contributed by atoms with Crippen molar-refractivity contribution in [1.82, 2.24) is 20.6 Å². The SMILES string of the molecule is COCC(COC)(COC)NC(=O)c1nc(N2CC[C@@H](NC(=O)c3[nH]c(C)c(Cl)c3Cl)[C@@H](OC)C2)sc1C(=O)O. The van der Waals surface area contributed by atoms with Gasteiger partial charge in [0.1, 0.15) is 16.1 Å². The number of nitrogens with zero attached hydrogens (tertiary/aromatic N) is 2. The van der Waals surface area contributed by atoms with Crippen molar-refractivity contribution in [2.75, 3.05) is 66.2 Å². The van der Waals surface area contributed by atoms with Crippen LogP contribution in [0.15, 0.2) is 0 Å². The normalized spacial score (nSPS) is 17.6. The minimum atomic E-state index is -1.29. The number of hydrogen-bond donors (Lipinski definition) is 4. The average molecular weight is 623 g/mol. The van der Waals surface area contributed by atoms with Gasteiger partial charge in [0.2, 0.25) is 0 Å². The molecule has 1 aliphatic rings. The van der Waals surface area contributed by atoms with Gasteiger partial charge in [-0.3, -0.25) is 9.59 Å². The van der Waals surface area contributed by atoms with Crippen LogP contribution in [0.25, 0.3) is 0 Å². The number of nitrogens with one attached hydrogen (secondary N) is 3. The summed E-state index contributed by atoms with van der Waals surface area (Å²) in [6, 6.07) is -0.369. The summed E-state index contributed by atoms with van der Waals surface area (Å²) in [6.07, 6.45) is -0.00697. The van der Waals surface area contributed by atoms with E-state index in [0.29, 0.717) is 23.8 Å². The maximum atomic E-state index is 13.3. The van der Waals surface area contributed by atoms with E-state index in [-0.39, 0.29) is 58.7 Å². The number of aromatic amines is 1. The molecular weight excluding hydrogens is 589 g/mol. The Balaban J connectivity index is 1.79. The molecule has 0 unspecified atom stereocenters. The zero-order valence-corrected chi connectivity index (χ0v) is 25.1. The number of anilines is 1. The number of amides is 2. The lowest BCUT2D eigenvalue weighted by Crippen LogP contribution is -2.58. The molecule has 16 heteroatoms. The van der Waals surface area contributed by atoms with Crippen LogP contribution < -0.4 is 15.5 Å². The summed E-state index contributed by atoms with van der Waals surface area (Å²) in [5, 5.41) is 16.3. The van der Waals surface area contributed by atoms with E-state index in [2.05, 4.69) is 20.6 Å². The van der Waals surface area contributed by atoms with Gasteiger partial charge in [-0.25, -0.2) is 9.78 Å². The van der Waals surface area contributed by atoms with Crippen molar-refractivity contribution in [2.45, 2.75) is 31.0 Å². The molecule has 0 aromatic carbocycles. The highest BCUT2D eigenvalue weighted by Gasteiger charge is 2.37. The molecule has 13 nitrogen and oxygen atoms in total.